The van der Waals surface area contributed by atoms with Gasteiger partial charge in [0.1, 0.15) is 5.76 Å². The Morgan fingerprint density at radius 1 is 1.19 bits per heavy atom. The number of carbonyl (C=O) groups is 2. The number of thiazole rings is 1. The zero-order chi connectivity index (χ0) is 18.4. The third-order valence-electron chi connectivity index (χ3n) is 3.72. The average molecular weight is 369 g/mol. The van der Waals surface area contributed by atoms with Crippen LogP contribution in [0, 0.1) is 0 Å². The van der Waals surface area contributed by atoms with Crippen LogP contribution in [-0.4, -0.2) is 16.8 Å². The standard InChI is InChI=1S/C19H19N3O3S/c1-13(23)20-11-14-4-6-15(7-5-14)17-12-26-19(21-17)22-18(24)9-8-16-3-2-10-25-16/h2-7,10,12H,8-9,11H2,1H3,(H,20,23)(H,21,22,24). The minimum Gasteiger partial charge on any atom is -0.469 e. The lowest BCUT2D eigenvalue weighted by Crippen LogP contribution is -2.18. The summed E-state index contributed by atoms with van der Waals surface area (Å²) >= 11 is 1.39. The normalized spacial score (nSPS) is 10.5. The van der Waals surface area contributed by atoms with Gasteiger partial charge in [0.15, 0.2) is 5.13 Å². The zero-order valence-corrected chi connectivity index (χ0v) is 15.1. The first-order valence-electron chi connectivity index (χ1n) is 8.21. The molecule has 2 aromatic heterocycles. The molecule has 0 aliphatic rings. The van der Waals surface area contributed by atoms with Gasteiger partial charge in [0.2, 0.25) is 11.8 Å². The van der Waals surface area contributed by atoms with Crippen LogP contribution in [0.5, 0.6) is 0 Å². The number of aryl methyl sites for hydroxylation is 1. The lowest BCUT2D eigenvalue weighted by Gasteiger charge is -2.03. The van der Waals surface area contributed by atoms with E-state index in [0.717, 1.165) is 22.6 Å². The van der Waals surface area contributed by atoms with Crippen molar-refractivity contribution in [2.45, 2.75) is 26.3 Å². The Labute approximate surface area is 155 Å². The Balaban J connectivity index is 1.55. The number of anilines is 1. The third-order valence-corrected chi connectivity index (χ3v) is 4.48. The number of carbonyl (C=O) groups excluding carboxylic acids is 2. The highest BCUT2D eigenvalue weighted by Gasteiger charge is 2.09. The van der Waals surface area contributed by atoms with Gasteiger partial charge in [-0.2, -0.15) is 0 Å². The van der Waals surface area contributed by atoms with Gasteiger partial charge in [-0.15, -0.1) is 11.3 Å². The van der Waals surface area contributed by atoms with E-state index in [1.165, 1.54) is 18.3 Å². The average Bonchev–Trinajstić information content (AvgIpc) is 3.30. The maximum absolute atomic E-state index is 12.0. The van der Waals surface area contributed by atoms with Gasteiger partial charge in [-0.05, 0) is 17.7 Å². The second kappa shape index (κ2) is 8.44. The summed E-state index contributed by atoms with van der Waals surface area (Å²) in [6.07, 6.45) is 2.51. The molecule has 0 unspecified atom stereocenters. The Kier molecular flexibility index (Phi) is 5.80. The molecule has 2 N–H and O–H groups in total. The van der Waals surface area contributed by atoms with Gasteiger partial charge in [0, 0.05) is 37.3 Å². The summed E-state index contributed by atoms with van der Waals surface area (Å²) < 4.78 is 5.22. The van der Waals surface area contributed by atoms with Crippen molar-refractivity contribution in [2.24, 2.45) is 0 Å². The van der Waals surface area contributed by atoms with Gasteiger partial charge in [-0.25, -0.2) is 4.98 Å². The van der Waals surface area contributed by atoms with Gasteiger partial charge < -0.3 is 15.1 Å². The highest BCUT2D eigenvalue weighted by atomic mass is 32.1. The van der Waals surface area contributed by atoms with E-state index in [1.54, 1.807) is 6.26 Å². The number of aromatic nitrogens is 1. The molecule has 3 rings (SSSR count). The Morgan fingerprint density at radius 3 is 2.69 bits per heavy atom. The predicted molar refractivity (Wildman–Crippen MR) is 101 cm³/mol. The molecule has 6 nitrogen and oxygen atoms in total. The van der Waals surface area contributed by atoms with Crippen molar-refractivity contribution in [1.82, 2.24) is 10.3 Å². The van der Waals surface area contributed by atoms with Crippen LogP contribution in [0.25, 0.3) is 11.3 Å². The molecule has 0 spiro atoms. The minimum absolute atomic E-state index is 0.0546. The topological polar surface area (TPSA) is 84.2 Å². The maximum atomic E-state index is 12.0. The van der Waals surface area contributed by atoms with Gasteiger partial charge in [0.25, 0.3) is 0 Å². The van der Waals surface area contributed by atoms with Crippen molar-refractivity contribution in [1.29, 1.82) is 0 Å². The van der Waals surface area contributed by atoms with Crippen molar-refractivity contribution in [3.8, 4) is 11.3 Å². The van der Waals surface area contributed by atoms with E-state index in [0.29, 0.717) is 24.5 Å². The number of nitrogens with zero attached hydrogens (tertiary/aromatic N) is 1. The van der Waals surface area contributed by atoms with E-state index in [4.69, 9.17) is 4.42 Å². The molecule has 3 aromatic rings. The van der Waals surface area contributed by atoms with Crippen LogP contribution in [0.15, 0.2) is 52.5 Å². The number of furan rings is 1. The highest BCUT2D eigenvalue weighted by Crippen LogP contribution is 2.25. The third kappa shape index (κ3) is 5.03. The zero-order valence-electron chi connectivity index (χ0n) is 14.3. The summed E-state index contributed by atoms with van der Waals surface area (Å²) in [6, 6.07) is 11.5. The summed E-state index contributed by atoms with van der Waals surface area (Å²) in [6.45, 7) is 2.00. The SMILES string of the molecule is CC(=O)NCc1ccc(-c2csc(NC(=O)CCc3ccco3)n2)cc1. The van der Waals surface area contributed by atoms with Crippen molar-refractivity contribution < 1.29 is 14.0 Å². The Bertz CT molecular complexity index is 870. The number of hydrogen-bond donors (Lipinski definition) is 2. The number of hydrogen-bond acceptors (Lipinski definition) is 5. The Hall–Kier alpha value is -2.93. The van der Waals surface area contributed by atoms with E-state index >= 15 is 0 Å². The quantitative estimate of drug-likeness (QED) is 0.666. The summed E-state index contributed by atoms with van der Waals surface area (Å²) in [7, 11) is 0. The molecular weight excluding hydrogens is 350 g/mol. The van der Waals surface area contributed by atoms with Gasteiger partial charge >= 0.3 is 0 Å². The van der Waals surface area contributed by atoms with Gasteiger partial charge in [-0.3, -0.25) is 9.59 Å². The summed E-state index contributed by atoms with van der Waals surface area (Å²) in [5.74, 6) is 0.647. The molecule has 0 atom stereocenters. The summed E-state index contributed by atoms with van der Waals surface area (Å²) in [5.41, 5.74) is 2.79. The number of amides is 2. The first-order chi connectivity index (χ1) is 12.6. The lowest BCUT2D eigenvalue weighted by atomic mass is 10.1. The molecule has 0 bridgehead atoms. The first kappa shape index (κ1) is 17.9. The van der Waals surface area contributed by atoms with Crippen molar-refractivity contribution in [2.75, 3.05) is 5.32 Å². The van der Waals surface area contributed by atoms with Gasteiger partial charge in [-0.1, -0.05) is 24.3 Å². The Morgan fingerprint density at radius 2 is 2.00 bits per heavy atom. The fourth-order valence-electron chi connectivity index (χ4n) is 2.36. The van der Waals surface area contributed by atoms with E-state index in [-0.39, 0.29) is 11.8 Å². The van der Waals surface area contributed by atoms with E-state index < -0.39 is 0 Å². The minimum atomic E-state index is -0.0899. The maximum Gasteiger partial charge on any atom is 0.226 e. The fourth-order valence-corrected chi connectivity index (χ4v) is 3.09. The predicted octanol–water partition coefficient (Wildman–Crippen LogP) is 3.61. The van der Waals surface area contributed by atoms with E-state index in [2.05, 4.69) is 15.6 Å². The molecule has 2 heterocycles. The van der Waals surface area contributed by atoms with Gasteiger partial charge in [0.05, 0.1) is 12.0 Å². The molecule has 0 aliphatic heterocycles. The van der Waals surface area contributed by atoms with Crippen LogP contribution in [0.4, 0.5) is 5.13 Å². The first-order valence-corrected chi connectivity index (χ1v) is 9.09. The monoisotopic (exact) mass is 369 g/mol. The molecule has 7 heteroatoms. The second-order valence-electron chi connectivity index (χ2n) is 5.77. The van der Waals surface area contributed by atoms with Crippen LogP contribution in [0.3, 0.4) is 0 Å². The summed E-state index contributed by atoms with van der Waals surface area (Å²) in [4.78, 5) is 27.4. The highest BCUT2D eigenvalue weighted by molar-refractivity contribution is 7.14. The van der Waals surface area contributed by atoms with Crippen LogP contribution >= 0.6 is 11.3 Å². The number of nitrogens with one attached hydrogen (secondary N) is 2. The fraction of sp³-hybridized carbons (Fsp3) is 0.211. The molecule has 0 saturated carbocycles. The van der Waals surface area contributed by atoms with Crippen LogP contribution in [-0.2, 0) is 22.6 Å². The van der Waals surface area contributed by atoms with E-state index in [1.807, 2.05) is 41.8 Å². The molecule has 1 aromatic carbocycles. The molecule has 134 valence electrons. The van der Waals surface area contributed by atoms with E-state index in [9.17, 15) is 9.59 Å². The smallest absolute Gasteiger partial charge is 0.226 e. The number of rotatable bonds is 7. The molecule has 0 saturated heterocycles. The largest absolute Gasteiger partial charge is 0.469 e. The molecular formula is C19H19N3O3S. The van der Waals surface area contributed by atoms with Crippen molar-refractivity contribution in [3.05, 3.63) is 59.4 Å². The number of benzene rings is 1. The molecule has 0 aliphatic carbocycles. The molecule has 0 radical (unpaired) electrons. The van der Waals surface area contributed by atoms with Crippen molar-refractivity contribution >= 4 is 28.3 Å². The lowest BCUT2D eigenvalue weighted by molar-refractivity contribution is -0.119. The van der Waals surface area contributed by atoms with Crippen molar-refractivity contribution in [3.63, 3.8) is 0 Å². The molecule has 2 amide bonds. The molecule has 26 heavy (non-hydrogen) atoms. The summed E-state index contributed by atoms with van der Waals surface area (Å²) in [5, 5.41) is 8.06. The van der Waals surface area contributed by atoms with Crippen LogP contribution < -0.4 is 10.6 Å². The molecule has 0 fully saturated rings. The van der Waals surface area contributed by atoms with Crippen LogP contribution in [0.1, 0.15) is 24.7 Å². The second-order valence-corrected chi connectivity index (χ2v) is 6.63. The van der Waals surface area contributed by atoms with Crippen LogP contribution in [0.2, 0.25) is 0 Å².